The third-order valence-corrected chi connectivity index (χ3v) is 9.33. The van der Waals surface area contributed by atoms with E-state index in [0.717, 1.165) is 5.52 Å². The van der Waals surface area contributed by atoms with Crippen molar-refractivity contribution in [2.75, 3.05) is 13.2 Å². The van der Waals surface area contributed by atoms with Crippen LogP contribution < -0.4 is 0 Å². The molecule has 6 rings (SSSR count). The van der Waals surface area contributed by atoms with Gasteiger partial charge in [0.05, 0.1) is 29.7 Å². The highest BCUT2D eigenvalue weighted by Crippen LogP contribution is 2.66. The Morgan fingerprint density at radius 3 is 2.61 bits per heavy atom. The minimum absolute atomic E-state index is 0.0228. The first-order valence-corrected chi connectivity index (χ1v) is 13.8. The normalized spacial score (nSPS) is 30.9. The van der Waals surface area contributed by atoms with Crippen LogP contribution in [0.5, 0.6) is 0 Å². The fraction of sp³-hybridized carbons (Fsp3) is 0.433. The highest BCUT2D eigenvalue weighted by atomic mass is 16.5. The monoisotopic (exact) mass is 559 g/mol. The molecule has 3 unspecified atom stereocenters. The Kier molecular flexibility index (Phi) is 6.46. The molecule has 11 heteroatoms. The Labute approximate surface area is 237 Å². The number of hydrogen-bond donors (Lipinski definition) is 2. The molecule has 41 heavy (non-hydrogen) atoms. The van der Waals surface area contributed by atoms with E-state index in [1.807, 2.05) is 37.3 Å². The maximum absolute atomic E-state index is 14.7. The topological polar surface area (TPSA) is 138 Å². The number of carbonyl (C=O) groups is 3. The molecule has 3 aliphatic rings. The molecule has 3 aromatic rings. The predicted molar refractivity (Wildman–Crippen MR) is 147 cm³/mol. The van der Waals surface area contributed by atoms with Gasteiger partial charge < -0.3 is 24.7 Å². The van der Waals surface area contributed by atoms with Crippen molar-refractivity contribution >= 4 is 28.8 Å². The molecular formula is C30H33N5O6. The van der Waals surface area contributed by atoms with Gasteiger partial charge in [-0.3, -0.25) is 14.4 Å². The maximum atomic E-state index is 14.7. The molecule has 7 atom stereocenters. The van der Waals surface area contributed by atoms with Crippen LogP contribution in [0.15, 0.2) is 67.3 Å². The summed E-state index contributed by atoms with van der Waals surface area (Å²) in [5.74, 6) is -4.51. The lowest BCUT2D eigenvalue weighted by Gasteiger charge is -2.39. The largest absolute Gasteiger partial charge is 0.481 e. The quantitative estimate of drug-likeness (QED) is 0.381. The molecule has 2 bridgehead atoms. The van der Waals surface area contributed by atoms with Crippen molar-refractivity contribution in [3.8, 4) is 0 Å². The number of carboxylic acids is 1. The number of nitrogens with zero attached hydrogens (tertiary/aromatic N) is 5. The van der Waals surface area contributed by atoms with Gasteiger partial charge in [0.25, 0.3) is 0 Å². The van der Waals surface area contributed by atoms with Crippen molar-refractivity contribution in [1.29, 1.82) is 0 Å². The number of aliphatic carboxylic acids is 1. The minimum Gasteiger partial charge on any atom is -0.481 e. The Hall–Kier alpha value is -4.09. The summed E-state index contributed by atoms with van der Waals surface area (Å²) < 4.78 is 8.23. The molecule has 4 heterocycles. The molecule has 3 fully saturated rings. The van der Waals surface area contributed by atoms with Gasteiger partial charge in [-0.1, -0.05) is 60.7 Å². The molecule has 0 aliphatic carbocycles. The van der Waals surface area contributed by atoms with E-state index in [1.54, 1.807) is 41.9 Å². The second kappa shape index (κ2) is 9.78. The van der Waals surface area contributed by atoms with E-state index in [0.29, 0.717) is 17.5 Å². The highest BCUT2D eigenvalue weighted by Gasteiger charge is 2.80. The molecule has 1 aromatic heterocycles. The van der Waals surface area contributed by atoms with E-state index < -0.39 is 59.5 Å². The average molecular weight is 560 g/mol. The maximum Gasteiger partial charge on any atom is 0.310 e. The minimum atomic E-state index is -1.38. The SMILES string of the molecule is C=CCN(Cn1nnc2ccccc21)C(=O)C1N([C@H](CO)c2ccccc2)C(=O)[C@@H]2[C@H](C(=O)O)[C@@]3(C)OC12CC3C. The van der Waals surface area contributed by atoms with Gasteiger partial charge in [-0.25, -0.2) is 4.68 Å². The number of carbonyl (C=O) groups excluding carboxylic acids is 2. The van der Waals surface area contributed by atoms with Crippen LogP contribution in [-0.2, 0) is 25.8 Å². The van der Waals surface area contributed by atoms with Crippen molar-refractivity contribution in [2.24, 2.45) is 17.8 Å². The molecule has 2 aromatic carbocycles. The predicted octanol–water partition coefficient (Wildman–Crippen LogP) is 2.23. The summed E-state index contributed by atoms with van der Waals surface area (Å²) >= 11 is 0. The first-order chi connectivity index (χ1) is 19.7. The lowest BCUT2D eigenvalue weighted by atomic mass is 9.62. The number of likely N-dealkylation sites (tertiary alicyclic amines) is 1. The van der Waals surface area contributed by atoms with Crippen molar-refractivity contribution in [3.63, 3.8) is 0 Å². The summed E-state index contributed by atoms with van der Waals surface area (Å²) in [7, 11) is 0. The number of ether oxygens (including phenoxy) is 1. The van der Waals surface area contributed by atoms with Crippen LogP contribution in [0.3, 0.4) is 0 Å². The molecule has 11 nitrogen and oxygen atoms in total. The smallest absolute Gasteiger partial charge is 0.310 e. The summed E-state index contributed by atoms with van der Waals surface area (Å²) in [5.41, 5.74) is -0.465. The van der Waals surface area contributed by atoms with Gasteiger partial charge in [0.15, 0.2) is 0 Å². The summed E-state index contributed by atoms with van der Waals surface area (Å²) in [5, 5.41) is 29.4. The van der Waals surface area contributed by atoms with Crippen LogP contribution in [0.4, 0.5) is 0 Å². The van der Waals surface area contributed by atoms with E-state index in [1.165, 1.54) is 9.80 Å². The standard InChI is InChI=1S/C30H33N5O6/c1-4-14-33(17-34-21-13-9-8-12-20(21)31-32-34)27(38)25-30-15-18(2)29(3,41-30)24(28(39)40)23(30)26(37)35(25)22(16-36)19-10-6-5-7-11-19/h4-13,18,22-25,36H,1,14-17H2,2-3H3,(H,39,40)/t18?,22-,23+,24-,25?,29+,30?/m1/s1. The molecule has 0 saturated carbocycles. The summed E-state index contributed by atoms with van der Waals surface area (Å²) in [6.45, 7) is 7.17. The highest BCUT2D eigenvalue weighted by molar-refractivity contribution is 5.98. The number of benzene rings is 2. The first-order valence-electron chi connectivity index (χ1n) is 13.8. The van der Waals surface area contributed by atoms with Gasteiger partial charge in [0.2, 0.25) is 11.8 Å². The zero-order valence-corrected chi connectivity index (χ0v) is 23.0. The van der Waals surface area contributed by atoms with Gasteiger partial charge in [-0.15, -0.1) is 11.7 Å². The molecule has 0 radical (unpaired) electrons. The molecule has 2 N–H and O–H groups in total. The van der Waals surface area contributed by atoms with E-state index in [9.17, 15) is 24.6 Å². The fourth-order valence-electron chi connectivity index (χ4n) is 7.43. The molecule has 1 spiro atoms. The van der Waals surface area contributed by atoms with Crippen molar-refractivity contribution in [2.45, 2.75) is 50.2 Å². The lowest BCUT2D eigenvalue weighted by molar-refractivity contribution is -0.160. The van der Waals surface area contributed by atoms with E-state index in [4.69, 9.17) is 4.74 Å². The van der Waals surface area contributed by atoms with Gasteiger partial charge in [-0.05, 0) is 37.0 Å². The Bertz CT molecular complexity index is 1530. The Morgan fingerprint density at radius 1 is 1.22 bits per heavy atom. The number of hydrogen-bond acceptors (Lipinski definition) is 7. The van der Waals surface area contributed by atoms with Crippen molar-refractivity contribution in [1.82, 2.24) is 24.8 Å². The number of aliphatic hydroxyl groups is 1. The van der Waals surface area contributed by atoms with Gasteiger partial charge >= 0.3 is 5.97 Å². The zero-order valence-electron chi connectivity index (χ0n) is 23.0. The van der Waals surface area contributed by atoms with Crippen LogP contribution in [-0.4, -0.2) is 83.2 Å². The number of aliphatic hydroxyl groups excluding tert-OH is 1. The summed E-state index contributed by atoms with van der Waals surface area (Å²) in [6.07, 6.45) is 1.92. The third kappa shape index (κ3) is 3.82. The van der Waals surface area contributed by atoms with Crippen LogP contribution in [0.25, 0.3) is 11.0 Å². The van der Waals surface area contributed by atoms with Crippen molar-refractivity contribution < 1.29 is 29.3 Å². The second-order valence-electron chi connectivity index (χ2n) is 11.5. The average Bonchev–Trinajstić information content (AvgIpc) is 3.63. The van der Waals surface area contributed by atoms with Crippen molar-refractivity contribution in [3.05, 3.63) is 72.8 Å². The second-order valence-corrected chi connectivity index (χ2v) is 11.5. The fourth-order valence-corrected chi connectivity index (χ4v) is 7.43. The lowest BCUT2D eigenvalue weighted by Crippen LogP contribution is -2.57. The number of fused-ring (bicyclic) bond motifs is 2. The molecule has 214 valence electrons. The number of carboxylic acid groups (broad SMARTS) is 1. The number of amides is 2. The van der Waals surface area contributed by atoms with Gasteiger partial charge in [0.1, 0.15) is 29.7 Å². The summed E-state index contributed by atoms with van der Waals surface area (Å²) in [6, 6.07) is 14.3. The first kappa shape index (κ1) is 27.1. The Morgan fingerprint density at radius 2 is 1.93 bits per heavy atom. The van der Waals surface area contributed by atoms with Gasteiger partial charge in [0, 0.05) is 6.54 Å². The molecule has 3 saturated heterocycles. The molecule has 2 amide bonds. The number of aromatic nitrogens is 3. The molecule has 3 aliphatic heterocycles. The van der Waals surface area contributed by atoms with Gasteiger partial charge in [-0.2, -0.15) is 0 Å². The third-order valence-electron chi connectivity index (χ3n) is 9.33. The van der Waals surface area contributed by atoms with Crippen LogP contribution >= 0.6 is 0 Å². The van der Waals surface area contributed by atoms with E-state index >= 15 is 0 Å². The zero-order chi connectivity index (χ0) is 29.1. The van der Waals surface area contributed by atoms with E-state index in [2.05, 4.69) is 16.9 Å². The summed E-state index contributed by atoms with van der Waals surface area (Å²) in [4.78, 5) is 44.6. The van der Waals surface area contributed by atoms with Crippen LogP contribution in [0.1, 0.15) is 31.9 Å². The molecular weight excluding hydrogens is 526 g/mol. The number of para-hydroxylation sites is 1. The number of rotatable bonds is 9. The Balaban J connectivity index is 1.48. The van der Waals surface area contributed by atoms with Crippen LogP contribution in [0, 0.1) is 17.8 Å². The van der Waals surface area contributed by atoms with Crippen LogP contribution in [0.2, 0.25) is 0 Å². The van der Waals surface area contributed by atoms with E-state index in [-0.39, 0.29) is 19.1 Å².